The molecule has 0 unspecified atom stereocenters. The lowest BCUT2D eigenvalue weighted by Gasteiger charge is -2.00. The summed E-state index contributed by atoms with van der Waals surface area (Å²) in [6.45, 7) is 1.44. The minimum atomic E-state index is -0.0737. The summed E-state index contributed by atoms with van der Waals surface area (Å²) in [6.07, 6.45) is 0.999. The van der Waals surface area contributed by atoms with E-state index in [1.807, 2.05) is 0 Å². The average molecular weight is 180 g/mol. The average Bonchev–Trinajstić information content (AvgIpc) is 2.08. The molecule has 0 atom stereocenters. The van der Waals surface area contributed by atoms with Crippen molar-refractivity contribution in [1.29, 1.82) is 0 Å². The molecule has 1 aromatic rings. The summed E-state index contributed by atoms with van der Waals surface area (Å²) in [6, 6.07) is 4.63. The number of hydrogen-bond donors (Lipinski definition) is 1. The van der Waals surface area contributed by atoms with Gasteiger partial charge in [-0.25, -0.2) is 0 Å². The van der Waals surface area contributed by atoms with Crippen molar-refractivity contribution in [3.05, 3.63) is 29.3 Å². The molecule has 0 radical (unpaired) electrons. The molecule has 0 aliphatic heterocycles. The lowest BCUT2D eigenvalue weighted by molar-refractivity contribution is 0.101. The smallest absolute Gasteiger partial charge is 0.159 e. The fraction of sp³-hybridized carbons (Fsp3) is 0.111. The number of rotatable bonds is 2. The Balaban J connectivity index is 3.12. The predicted octanol–water partition coefficient (Wildman–Crippen LogP) is 1.77. The van der Waals surface area contributed by atoms with Crippen LogP contribution in [-0.4, -0.2) is 12.0 Å². The fourth-order valence-electron chi connectivity index (χ4n) is 0.964. The zero-order valence-corrected chi connectivity index (χ0v) is 7.12. The minimum Gasteiger partial charge on any atom is -0.398 e. The highest BCUT2D eigenvalue weighted by Crippen LogP contribution is 2.12. The second-order valence-corrected chi connectivity index (χ2v) is 2.63. The van der Waals surface area contributed by atoms with E-state index in [0.29, 0.717) is 16.8 Å². The molecule has 1 aromatic carbocycles. The summed E-state index contributed by atoms with van der Waals surface area (Å²) in [4.78, 5) is 10.9. The molecule has 4 heteroatoms. The molecule has 13 heavy (non-hydrogen) atoms. The van der Waals surface area contributed by atoms with Crippen molar-refractivity contribution in [1.82, 2.24) is 0 Å². The summed E-state index contributed by atoms with van der Waals surface area (Å²) >= 11 is 0. The minimum absolute atomic E-state index is 0.0737. The largest absolute Gasteiger partial charge is 0.398 e. The SMILES string of the molecule is CC(=O)c1ccc(C=NF)c(N)c1. The molecule has 0 heterocycles. The standard InChI is InChI=1S/C9H9FN2O/c1-6(13)7-2-3-8(5-12-10)9(11)4-7/h2-5H,11H2,1H3. The highest BCUT2D eigenvalue weighted by molar-refractivity contribution is 5.97. The van der Waals surface area contributed by atoms with Crippen molar-refractivity contribution in [2.24, 2.45) is 5.21 Å². The third kappa shape index (κ3) is 2.11. The van der Waals surface area contributed by atoms with Crippen molar-refractivity contribution in [3.8, 4) is 0 Å². The van der Waals surface area contributed by atoms with Crippen LogP contribution in [0.4, 0.5) is 10.2 Å². The third-order valence-electron chi connectivity index (χ3n) is 1.68. The van der Waals surface area contributed by atoms with Crippen LogP contribution in [0.5, 0.6) is 0 Å². The van der Waals surface area contributed by atoms with Crippen LogP contribution in [0.1, 0.15) is 22.8 Å². The van der Waals surface area contributed by atoms with Gasteiger partial charge in [0.2, 0.25) is 0 Å². The molecule has 0 amide bonds. The van der Waals surface area contributed by atoms with Gasteiger partial charge >= 0.3 is 0 Å². The number of hydrogen-bond acceptors (Lipinski definition) is 3. The van der Waals surface area contributed by atoms with Gasteiger partial charge in [-0.2, -0.15) is 0 Å². The predicted molar refractivity (Wildman–Crippen MR) is 49.6 cm³/mol. The van der Waals surface area contributed by atoms with Crippen LogP contribution in [0.2, 0.25) is 0 Å². The number of carbonyl (C=O) groups excluding carboxylic acids is 1. The lowest BCUT2D eigenvalue weighted by Crippen LogP contribution is -1.98. The van der Waals surface area contributed by atoms with Crippen molar-refractivity contribution in [2.75, 3.05) is 5.73 Å². The number of anilines is 1. The summed E-state index contributed by atoms with van der Waals surface area (Å²) in [5.41, 5.74) is 6.85. The van der Waals surface area contributed by atoms with Crippen molar-refractivity contribution in [2.45, 2.75) is 6.92 Å². The summed E-state index contributed by atoms with van der Waals surface area (Å²) in [5.74, 6) is -0.0737. The number of halogens is 1. The highest BCUT2D eigenvalue weighted by atomic mass is 19.2. The van der Waals surface area contributed by atoms with E-state index in [4.69, 9.17) is 5.73 Å². The fourth-order valence-corrected chi connectivity index (χ4v) is 0.964. The second-order valence-electron chi connectivity index (χ2n) is 2.63. The molecule has 3 nitrogen and oxygen atoms in total. The molecule has 0 fully saturated rings. The van der Waals surface area contributed by atoms with E-state index in [2.05, 4.69) is 5.21 Å². The summed E-state index contributed by atoms with van der Waals surface area (Å²) in [5, 5.41) is 2.35. The molecule has 0 bridgehead atoms. The zero-order chi connectivity index (χ0) is 9.84. The molecule has 0 aromatic heterocycles. The van der Waals surface area contributed by atoms with E-state index in [-0.39, 0.29) is 5.78 Å². The first-order valence-electron chi connectivity index (χ1n) is 3.70. The van der Waals surface area contributed by atoms with Crippen LogP contribution in [0.25, 0.3) is 0 Å². The molecule has 0 saturated carbocycles. The van der Waals surface area contributed by atoms with E-state index in [0.717, 1.165) is 6.21 Å². The Hall–Kier alpha value is -1.71. The third-order valence-corrected chi connectivity index (χ3v) is 1.68. The topological polar surface area (TPSA) is 55.5 Å². The summed E-state index contributed by atoms with van der Waals surface area (Å²) < 4.78 is 11.6. The molecular formula is C9H9FN2O. The number of carbonyl (C=O) groups is 1. The van der Waals surface area contributed by atoms with Gasteiger partial charge < -0.3 is 5.73 Å². The first-order valence-corrected chi connectivity index (χ1v) is 3.70. The van der Waals surface area contributed by atoms with Gasteiger partial charge in [0, 0.05) is 16.8 Å². The van der Waals surface area contributed by atoms with Crippen LogP contribution in [-0.2, 0) is 0 Å². The molecule has 0 spiro atoms. The highest BCUT2D eigenvalue weighted by Gasteiger charge is 2.02. The van der Waals surface area contributed by atoms with Crippen molar-refractivity contribution in [3.63, 3.8) is 0 Å². The first kappa shape index (κ1) is 9.38. The lowest BCUT2D eigenvalue weighted by atomic mass is 10.1. The number of Topliss-reactive ketones (excluding diaryl/α,β-unsaturated/α-hetero) is 1. The first-order chi connectivity index (χ1) is 6.15. The molecule has 68 valence electrons. The Morgan fingerprint density at radius 2 is 2.31 bits per heavy atom. The van der Waals surface area contributed by atoms with Crippen LogP contribution in [0.3, 0.4) is 0 Å². The number of nitrogens with two attached hydrogens (primary N) is 1. The van der Waals surface area contributed by atoms with E-state index < -0.39 is 0 Å². The van der Waals surface area contributed by atoms with Gasteiger partial charge in [0.25, 0.3) is 0 Å². The normalized spacial score (nSPS) is 10.6. The number of nitrogens with zero attached hydrogens (tertiary/aromatic N) is 1. The monoisotopic (exact) mass is 180 g/mol. The van der Waals surface area contributed by atoms with E-state index in [9.17, 15) is 9.28 Å². The molecule has 1 rings (SSSR count). The van der Waals surface area contributed by atoms with E-state index in [1.54, 1.807) is 12.1 Å². The van der Waals surface area contributed by atoms with E-state index in [1.165, 1.54) is 13.0 Å². The van der Waals surface area contributed by atoms with Gasteiger partial charge in [-0.15, -0.1) is 0 Å². The number of ketones is 1. The van der Waals surface area contributed by atoms with E-state index >= 15 is 0 Å². The number of benzene rings is 1. The quantitative estimate of drug-likeness (QED) is 0.428. The Morgan fingerprint density at radius 1 is 1.62 bits per heavy atom. The van der Waals surface area contributed by atoms with Gasteiger partial charge in [-0.1, -0.05) is 21.8 Å². The number of nitrogen functional groups attached to an aromatic ring is 1. The van der Waals surface area contributed by atoms with Gasteiger partial charge in [-0.05, 0) is 13.0 Å². The molecule has 2 N–H and O–H groups in total. The van der Waals surface area contributed by atoms with Crippen molar-refractivity contribution >= 4 is 17.7 Å². The maximum Gasteiger partial charge on any atom is 0.159 e. The van der Waals surface area contributed by atoms with Crippen LogP contribution >= 0.6 is 0 Å². The molecule has 0 saturated heterocycles. The Morgan fingerprint density at radius 3 is 2.77 bits per heavy atom. The van der Waals surface area contributed by atoms with Crippen LogP contribution in [0, 0.1) is 0 Å². The zero-order valence-electron chi connectivity index (χ0n) is 7.12. The van der Waals surface area contributed by atoms with Gasteiger partial charge in [0.15, 0.2) is 5.78 Å². The Kier molecular flexibility index (Phi) is 2.74. The van der Waals surface area contributed by atoms with Crippen LogP contribution < -0.4 is 5.73 Å². The maximum atomic E-state index is 11.6. The molecule has 0 aliphatic rings. The molecular weight excluding hydrogens is 171 g/mol. The van der Waals surface area contributed by atoms with Crippen molar-refractivity contribution < 1.29 is 9.28 Å². The van der Waals surface area contributed by atoms with Gasteiger partial charge in [-0.3, -0.25) is 4.79 Å². The second kappa shape index (κ2) is 3.80. The Labute approximate surface area is 75.0 Å². The Bertz CT molecular complexity index is 361. The van der Waals surface area contributed by atoms with Crippen LogP contribution in [0.15, 0.2) is 23.4 Å². The molecule has 0 aliphatic carbocycles. The summed E-state index contributed by atoms with van der Waals surface area (Å²) in [7, 11) is 0. The van der Waals surface area contributed by atoms with Gasteiger partial charge in [0.1, 0.15) is 0 Å². The van der Waals surface area contributed by atoms with Gasteiger partial charge in [0.05, 0.1) is 6.21 Å². The maximum absolute atomic E-state index is 11.6.